The van der Waals surface area contributed by atoms with E-state index in [1.807, 2.05) is 26.0 Å². The summed E-state index contributed by atoms with van der Waals surface area (Å²) < 4.78 is 0. The summed E-state index contributed by atoms with van der Waals surface area (Å²) in [6.45, 7) is 3.81. The molecule has 7 heteroatoms. The first-order chi connectivity index (χ1) is 11.8. The highest BCUT2D eigenvalue weighted by molar-refractivity contribution is 7.16. The minimum Gasteiger partial charge on any atom is -0.481 e. The number of carbonyl (C=O) groups is 3. The van der Waals surface area contributed by atoms with Gasteiger partial charge in [0.15, 0.2) is 0 Å². The molecular weight excluding hydrogens is 340 g/mol. The van der Waals surface area contributed by atoms with Crippen molar-refractivity contribution in [2.45, 2.75) is 33.1 Å². The fourth-order valence-electron chi connectivity index (χ4n) is 4.24. The number of hydrogen-bond acceptors (Lipinski definition) is 4. The maximum absolute atomic E-state index is 12.9. The van der Waals surface area contributed by atoms with Crippen LogP contribution in [0.2, 0.25) is 0 Å². The second-order valence-electron chi connectivity index (χ2n) is 6.73. The third kappa shape index (κ3) is 2.97. The Hall–Kier alpha value is -2.15. The van der Waals surface area contributed by atoms with Crippen LogP contribution in [0.3, 0.4) is 0 Å². The number of carbonyl (C=O) groups excluding carboxylic acids is 2. The van der Waals surface area contributed by atoms with Gasteiger partial charge in [-0.05, 0) is 43.6 Å². The van der Waals surface area contributed by atoms with Gasteiger partial charge >= 0.3 is 5.97 Å². The van der Waals surface area contributed by atoms with Crippen molar-refractivity contribution in [2.75, 3.05) is 5.32 Å². The van der Waals surface area contributed by atoms with Crippen LogP contribution in [0.1, 0.15) is 40.6 Å². The van der Waals surface area contributed by atoms with Crippen molar-refractivity contribution in [3.05, 3.63) is 28.2 Å². The molecule has 0 radical (unpaired) electrons. The summed E-state index contributed by atoms with van der Waals surface area (Å²) in [5, 5.41) is 12.8. The predicted molar refractivity (Wildman–Crippen MR) is 95.6 cm³/mol. The Morgan fingerprint density at radius 3 is 2.32 bits per heavy atom. The number of rotatable bonds is 5. The Kier molecular flexibility index (Phi) is 4.69. The van der Waals surface area contributed by atoms with Gasteiger partial charge in [0, 0.05) is 4.88 Å². The zero-order valence-electron chi connectivity index (χ0n) is 14.2. The standard InChI is InChI=1S/C18H22N2O4S/c1-3-11-8(2)25-17(14(11)15(19)21)20-16(22)12-9-4-6-10(7-5-9)13(12)18(23)24/h4,6,9-10,12-13H,3,5,7H2,1-2H3,(H2,19,21)(H,20,22)(H,23,24)/t9-,10-,12+,13-/m0/s1. The van der Waals surface area contributed by atoms with E-state index in [2.05, 4.69) is 5.32 Å². The highest BCUT2D eigenvalue weighted by atomic mass is 32.1. The highest BCUT2D eigenvalue weighted by Gasteiger charge is 2.48. The van der Waals surface area contributed by atoms with Gasteiger partial charge in [-0.2, -0.15) is 0 Å². The van der Waals surface area contributed by atoms with Crippen molar-refractivity contribution in [2.24, 2.45) is 29.4 Å². The fourth-order valence-corrected chi connectivity index (χ4v) is 5.39. The summed E-state index contributed by atoms with van der Waals surface area (Å²) in [5.41, 5.74) is 6.69. The summed E-state index contributed by atoms with van der Waals surface area (Å²) in [7, 11) is 0. The van der Waals surface area contributed by atoms with Crippen LogP contribution in [0, 0.1) is 30.6 Å². The maximum atomic E-state index is 12.9. The number of anilines is 1. The number of nitrogens with two attached hydrogens (primary N) is 1. The second-order valence-corrected chi connectivity index (χ2v) is 7.95. The van der Waals surface area contributed by atoms with E-state index in [1.54, 1.807) is 0 Å². The van der Waals surface area contributed by atoms with Crippen LogP contribution >= 0.6 is 11.3 Å². The van der Waals surface area contributed by atoms with Gasteiger partial charge in [-0.3, -0.25) is 14.4 Å². The number of primary amides is 1. The molecule has 0 saturated heterocycles. The van der Waals surface area contributed by atoms with E-state index in [-0.39, 0.29) is 17.7 Å². The summed E-state index contributed by atoms with van der Waals surface area (Å²) in [6, 6.07) is 0. The van der Waals surface area contributed by atoms with Crippen molar-refractivity contribution in [3.8, 4) is 0 Å². The molecule has 2 amide bonds. The van der Waals surface area contributed by atoms with E-state index >= 15 is 0 Å². The molecule has 0 spiro atoms. The average Bonchev–Trinajstić information content (AvgIpc) is 2.90. The van der Waals surface area contributed by atoms with Crippen LogP contribution in [0.15, 0.2) is 12.2 Å². The van der Waals surface area contributed by atoms with Crippen molar-refractivity contribution in [1.29, 1.82) is 0 Å². The molecule has 0 aliphatic heterocycles. The molecule has 0 unspecified atom stereocenters. The van der Waals surface area contributed by atoms with Crippen LogP contribution < -0.4 is 11.1 Å². The first-order valence-electron chi connectivity index (χ1n) is 8.49. The normalized spacial score (nSPS) is 27.3. The van der Waals surface area contributed by atoms with Crippen molar-refractivity contribution in [1.82, 2.24) is 0 Å². The molecule has 134 valence electrons. The number of aliphatic carboxylic acids is 1. The van der Waals surface area contributed by atoms with E-state index in [9.17, 15) is 19.5 Å². The molecule has 2 bridgehead atoms. The Balaban J connectivity index is 1.91. The average molecular weight is 362 g/mol. The number of carboxylic acid groups (broad SMARTS) is 1. The lowest BCUT2D eigenvalue weighted by atomic mass is 9.62. The number of aryl methyl sites for hydroxylation is 1. The first-order valence-corrected chi connectivity index (χ1v) is 9.30. The van der Waals surface area contributed by atoms with Crippen molar-refractivity contribution < 1.29 is 19.5 Å². The molecule has 1 aromatic heterocycles. The number of fused-ring (bicyclic) bond motifs is 2. The van der Waals surface area contributed by atoms with Gasteiger partial charge in [0.05, 0.1) is 17.4 Å². The number of thiophene rings is 1. The lowest BCUT2D eigenvalue weighted by Gasteiger charge is -2.41. The third-order valence-corrected chi connectivity index (χ3v) is 6.44. The molecule has 1 saturated carbocycles. The van der Waals surface area contributed by atoms with E-state index in [0.29, 0.717) is 17.0 Å². The molecule has 4 rings (SSSR count). The summed E-state index contributed by atoms with van der Waals surface area (Å²) >= 11 is 1.32. The quantitative estimate of drug-likeness (QED) is 0.699. The minimum atomic E-state index is -0.939. The zero-order chi connectivity index (χ0) is 18.3. The fraction of sp³-hybridized carbons (Fsp3) is 0.500. The smallest absolute Gasteiger partial charge is 0.307 e. The molecule has 25 heavy (non-hydrogen) atoms. The Morgan fingerprint density at radius 2 is 1.84 bits per heavy atom. The predicted octanol–water partition coefficient (Wildman–Crippen LogP) is 2.57. The molecule has 4 atom stereocenters. The van der Waals surface area contributed by atoms with E-state index in [1.165, 1.54) is 11.3 Å². The van der Waals surface area contributed by atoms with Crippen LogP contribution in [-0.4, -0.2) is 22.9 Å². The molecule has 1 aromatic rings. The monoisotopic (exact) mass is 362 g/mol. The van der Waals surface area contributed by atoms with Gasteiger partial charge < -0.3 is 16.2 Å². The zero-order valence-corrected chi connectivity index (χ0v) is 15.1. The van der Waals surface area contributed by atoms with Crippen molar-refractivity contribution in [3.63, 3.8) is 0 Å². The SMILES string of the molecule is CCc1c(C)sc(NC(=O)[C@H]2[C@@H](C(=O)O)[C@H]3C=C[C@H]2CC3)c1C(N)=O. The lowest BCUT2D eigenvalue weighted by Crippen LogP contribution is -2.47. The summed E-state index contributed by atoms with van der Waals surface area (Å²) in [5.74, 6) is -3.36. The molecule has 1 heterocycles. The van der Waals surface area contributed by atoms with E-state index in [4.69, 9.17) is 5.73 Å². The molecule has 1 fully saturated rings. The molecule has 6 nitrogen and oxygen atoms in total. The topological polar surface area (TPSA) is 109 Å². The number of nitrogens with one attached hydrogen (secondary N) is 1. The van der Waals surface area contributed by atoms with Crippen LogP contribution in [0.4, 0.5) is 5.00 Å². The van der Waals surface area contributed by atoms with Crippen molar-refractivity contribution >= 4 is 34.1 Å². The van der Waals surface area contributed by atoms with E-state index in [0.717, 1.165) is 23.3 Å². The number of amides is 2. The van der Waals surface area contributed by atoms with Gasteiger partial charge in [0.25, 0.3) is 5.91 Å². The Labute approximate surface area is 150 Å². The molecule has 4 N–H and O–H groups in total. The van der Waals surface area contributed by atoms with Crippen LogP contribution in [-0.2, 0) is 16.0 Å². The van der Waals surface area contributed by atoms with Crippen LogP contribution in [0.25, 0.3) is 0 Å². The third-order valence-electron chi connectivity index (χ3n) is 5.38. The Morgan fingerprint density at radius 1 is 1.24 bits per heavy atom. The molecular formula is C18H22N2O4S. The summed E-state index contributed by atoms with van der Waals surface area (Å²) in [6.07, 6.45) is 6.15. The first kappa shape index (κ1) is 17.7. The second kappa shape index (κ2) is 6.63. The van der Waals surface area contributed by atoms with Crippen LogP contribution in [0.5, 0.6) is 0 Å². The van der Waals surface area contributed by atoms with E-state index < -0.39 is 23.7 Å². The van der Waals surface area contributed by atoms with Gasteiger partial charge in [-0.25, -0.2) is 0 Å². The van der Waals surface area contributed by atoms with Gasteiger partial charge in [0.2, 0.25) is 5.91 Å². The number of allylic oxidation sites excluding steroid dienone is 2. The minimum absolute atomic E-state index is 0.0742. The summed E-state index contributed by atoms with van der Waals surface area (Å²) in [4.78, 5) is 37.4. The number of hydrogen-bond donors (Lipinski definition) is 3. The largest absolute Gasteiger partial charge is 0.481 e. The molecule has 0 aromatic carbocycles. The van der Waals surface area contributed by atoms with Gasteiger partial charge in [0.1, 0.15) is 5.00 Å². The Bertz CT molecular complexity index is 767. The molecule has 3 aliphatic carbocycles. The lowest BCUT2D eigenvalue weighted by molar-refractivity contribution is -0.151. The number of carboxylic acids is 1. The highest BCUT2D eigenvalue weighted by Crippen LogP contribution is 2.46. The maximum Gasteiger partial charge on any atom is 0.307 e. The van der Waals surface area contributed by atoms with Gasteiger partial charge in [-0.1, -0.05) is 19.1 Å². The molecule has 3 aliphatic rings. The van der Waals surface area contributed by atoms with Gasteiger partial charge in [-0.15, -0.1) is 11.3 Å².